The number of hydrogen-bond acceptors (Lipinski definition) is 6. The van der Waals surface area contributed by atoms with Crippen LogP contribution >= 0.6 is 0 Å². The molecule has 0 spiro atoms. The number of H-pyrrole nitrogens is 1. The molecule has 3 N–H and O–H groups in total. The Labute approximate surface area is 196 Å². The van der Waals surface area contributed by atoms with Crippen LogP contribution in [0.4, 0.5) is 11.5 Å². The summed E-state index contributed by atoms with van der Waals surface area (Å²) in [6.45, 7) is 3.80. The number of likely N-dealkylation sites (N-methyl/N-ethyl adjacent to an activating group) is 1. The smallest absolute Gasteiger partial charge is 0.330 e. The van der Waals surface area contributed by atoms with Gasteiger partial charge >= 0.3 is 5.69 Å². The third-order valence-electron chi connectivity index (χ3n) is 5.35. The fourth-order valence-corrected chi connectivity index (χ4v) is 3.52. The van der Waals surface area contributed by atoms with Crippen molar-refractivity contribution < 1.29 is 14.3 Å². The fourth-order valence-electron chi connectivity index (χ4n) is 3.52. The summed E-state index contributed by atoms with van der Waals surface area (Å²) in [5, 5.41) is 0. The molecule has 1 heterocycles. The number of nitrogen functional groups attached to an aromatic ring is 1. The number of anilines is 2. The minimum Gasteiger partial charge on any atom is -0.484 e. The van der Waals surface area contributed by atoms with Crippen LogP contribution in [-0.2, 0) is 11.3 Å². The summed E-state index contributed by atoms with van der Waals surface area (Å²) in [6.07, 6.45) is 1.53. The lowest BCUT2D eigenvalue weighted by Crippen LogP contribution is -2.42. The van der Waals surface area contributed by atoms with E-state index in [4.69, 9.17) is 10.5 Å². The van der Waals surface area contributed by atoms with Crippen LogP contribution in [0.1, 0.15) is 42.6 Å². The number of nitrogens with one attached hydrogen (secondary N) is 1. The number of benzene rings is 2. The maximum Gasteiger partial charge on any atom is 0.330 e. The van der Waals surface area contributed by atoms with E-state index in [1.807, 2.05) is 13.0 Å². The van der Waals surface area contributed by atoms with Crippen molar-refractivity contribution in [2.24, 2.45) is 0 Å². The van der Waals surface area contributed by atoms with Crippen molar-refractivity contribution in [1.29, 1.82) is 0 Å². The maximum absolute atomic E-state index is 12.9. The van der Waals surface area contributed by atoms with Gasteiger partial charge in [-0.05, 0) is 37.6 Å². The molecular formula is C25H28N4O5. The highest BCUT2D eigenvalue weighted by atomic mass is 16.5. The van der Waals surface area contributed by atoms with Crippen LogP contribution in [0.2, 0.25) is 0 Å². The molecule has 3 aromatic rings. The molecule has 0 unspecified atom stereocenters. The van der Waals surface area contributed by atoms with Crippen molar-refractivity contribution in [2.45, 2.75) is 33.2 Å². The summed E-state index contributed by atoms with van der Waals surface area (Å²) < 4.78 is 6.85. The molecule has 178 valence electrons. The molecule has 1 amide bonds. The van der Waals surface area contributed by atoms with E-state index >= 15 is 0 Å². The van der Waals surface area contributed by atoms with E-state index in [9.17, 15) is 19.2 Å². The summed E-state index contributed by atoms with van der Waals surface area (Å²) in [5.41, 5.74) is 5.78. The number of rotatable bonds is 10. The lowest BCUT2D eigenvalue weighted by Gasteiger charge is -2.23. The molecule has 3 rings (SSSR count). The standard InChI is InChI=1S/C25H28N4O5/c1-3-5-15-29-23(26)21(24(32)27-25(29)33)28(4-2)20(30)16-34-19-13-11-18(12-14-19)22(31)17-9-7-6-8-10-17/h6-14H,3-5,15-16,26H2,1-2H3,(H,27,32,33). The van der Waals surface area contributed by atoms with Gasteiger partial charge in [-0.15, -0.1) is 0 Å². The number of carbonyl (C=O) groups is 2. The van der Waals surface area contributed by atoms with Crippen LogP contribution in [0.15, 0.2) is 64.2 Å². The number of hydrogen-bond donors (Lipinski definition) is 2. The van der Waals surface area contributed by atoms with Gasteiger partial charge in [0.1, 0.15) is 11.6 Å². The number of aromatic amines is 1. The zero-order chi connectivity index (χ0) is 24.7. The number of aromatic nitrogens is 2. The first-order valence-electron chi connectivity index (χ1n) is 11.1. The SMILES string of the molecule is CCCCn1c(N)c(N(CC)C(=O)COc2ccc(C(=O)c3ccccc3)cc2)c(=O)[nH]c1=O. The van der Waals surface area contributed by atoms with Crippen molar-refractivity contribution in [3.8, 4) is 5.75 Å². The molecule has 0 bridgehead atoms. The monoisotopic (exact) mass is 464 g/mol. The summed E-state index contributed by atoms with van der Waals surface area (Å²) in [7, 11) is 0. The number of nitrogens with two attached hydrogens (primary N) is 1. The van der Waals surface area contributed by atoms with Crippen LogP contribution < -0.4 is 26.6 Å². The number of unbranched alkanes of at least 4 members (excludes halogenated alkanes) is 1. The highest BCUT2D eigenvalue weighted by Gasteiger charge is 2.23. The summed E-state index contributed by atoms with van der Waals surface area (Å²) in [4.78, 5) is 53.4. The third kappa shape index (κ3) is 5.43. The number of nitrogens with zero attached hydrogens (tertiary/aromatic N) is 2. The third-order valence-corrected chi connectivity index (χ3v) is 5.35. The molecule has 2 aromatic carbocycles. The van der Waals surface area contributed by atoms with Crippen molar-refractivity contribution in [2.75, 3.05) is 23.8 Å². The Bertz CT molecular complexity index is 1260. The Morgan fingerprint density at radius 2 is 1.65 bits per heavy atom. The molecule has 0 saturated heterocycles. The van der Waals surface area contributed by atoms with E-state index in [1.54, 1.807) is 55.5 Å². The zero-order valence-electron chi connectivity index (χ0n) is 19.2. The van der Waals surface area contributed by atoms with Crippen LogP contribution in [-0.4, -0.2) is 34.4 Å². The minimum absolute atomic E-state index is 0.0545. The van der Waals surface area contributed by atoms with Crippen molar-refractivity contribution in [3.05, 3.63) is 86.6 Å². The molecule has 1 aromatic heterocycles. The Morgan fingerprint density at radius 1 is 1.00 bits per heavy atom. The summed E-state index contributed by atoms with van der Waals surface area (Å²) in [5.74, 6) is -0.275. The van der Waals surface area contributed by atoms with E-state index < -0.39 is 17.2 Å². The van der Waals surface area contributed by atoms with Gasteiger partial charge in [0, 0.05) is 24.2 Å². The quantitative estimate of drug-likeness (QED) is 0.444. The van der Waals surface area contributed by atoms with Gasteiger partial charge in [0.25, 0.3) is 11.5 Å². The first kappa shape index (κ1) is 24.5. The van der Waals surface area contributed by atoms with Gasteiger partial charge in [-0.1, -0.05) is 43.7 Å². The van der Waals surface area contributed by atoms with Gasteiger partial charge < -0.3 is 15.4 Å². The van der Waals surface area contributed by atoms with Crippen LogP contribution in [0.5, 0.6) is 5.75 Å². The molecule has 0 saturated carbocycles. The second-order valence-electron chi connectivity index (χ2n) is 7.64. The average Bonchev–Trinajstić information content (AvgIpc) is 2.85. The molecular weight excluding hydrogens is 436 g/mol. The van der Waals surface area contributed by atoms with Crippen LogP contribution in [0.25, 0.3) is 0 Å². The largest absolute Gasteiger partial charge is 0.484 e. The fraction of sp³-hybridized carbons (Fsp3) is 0.280. The first-order chi connectivity index (χ1) is 16.4. The van der Waals surface area contributed by atoms with E-state index in [0.717, 1.165) is 6.42 Å². The van der Waals surface area contributed by atoms with Gasteiger partial charge in [0.15, 0.2) is 18.1 Å². The van der Waals surface area contributed by atoms with E-state index in [2.05, 4.69) is 4.98 Å². The molecule has 0 aliphatic heterocycles. The minimum atomic E-state index is -0.728. The lowest BCUT2D eigenvalue weighted by atomic mass is 10.0. The van der Waals surface area contributed by atoms with Gasteiger partial charge in [0.2, 0.25) is 0 Å². The molecule has 9 nitrogen and oxygen atoms in total. The van der Waals surface area contributed by atoms with Gasteiger partial charge in [-0.3, -0.25) is 23.9 Å². The second kappa shape index (κ2) is 11.1. The second-order valence-corrected chi connectivity index (χ2v) is 7.64. The molecule has 0 fully saturated rings. The van der Waals surface area contributed by atoms with Crippen molar-refractivity contribution in [1.82, 2.24) is 9.55 Å². The van der Waals surface area contributed by atoms with Crippen LogP contribution in [0.3, 0.4) is 0 Å². The first-order valence-corrected chi connectivity index (χ1v) is 11.1. The molecule has 0 radical (unpaired) electrons. The van der Waals surface area contributed by atoms with Crippen molar-refractivity contribution in [3.63, 3.8) is 0 Å². The maximum atomic E-state index is 12.9. The average molecular weight is 465 g/mol. The number of ketones is 1. The van der Waals surface area contributed by atoms with E-state index in [1.165, 1.54) is 9.47 Å². The topological polar surface area (TPSA) is 127 Å². The molecule has 0 atom stereocenters. The van der Waals surface area contributed by atoms with Gasteiger partial charge in [-0.2, -0.15) is 0 Å². The van der Waals surface area contributed by atoms with Gasteiger partial charge in [0.05, 0.1) is 0 Å². The Balaban J connectivity index is 1.73. The van der Waals surface area contributed by atoms with Crippen molar-refractivity contribution >= 4 is 23.2 Å². The Kier molecular flexibility index (Phi) is 8.02. The lowest BCUT2D eigenvalue weighted by molar-refractivity contribution is -0.120. The highest BCUT2D eigenvalue weighted by molar-refractivity contribution is 6.09. The molecule has 9 heteroatoms. The van der Waals surface area contributed by atoms with E-state index in [-0.39, 0.29) is 30.4 Å². The van der Waals surface area contributed by atoms with E-state index in [0.29, 0.717) is 29.8 Å². The predicted octanol–water partition coefficient (Wildman–Crippen LogP) is 2.58. The number of amides is 1. The van der Waals surface area contributed by atoms with Crippen LogP contribution in [0, 0.1) is 0 Å². The zero-order valence-corrected chi connectivity index (χ0v) is 19.2. The number of carbonyl (C=O) groups excluding carboxylic acids is 2. The predicted molar refractivity (Wildman–Crippen MR) is 130 cm³/mol. The molecule has 0 aliphatic carbocycles. The van der Waals surface area contributed by atoms with Gasteiger partial charge in [-0.25, -0.2) is 4.79 Å². The Hall–Kier alpha value is -4.14. The Morgan fingerprint density at radius 3 is 2.26 bits per heavy atom. The molecule has 34 heavy (non-hydrogen) atoms. The summed E-state index contributed by atoms with van der Waals surface area (Å²) in [6, 6.07) is 15.4. The normalized spacial score (nSPS) is 10.6. The highest BCUT2D eigenvalue weighted by Crippen LogP contribution is 2.19. The number of ether oxygens (including phenoxy) is 1. The molecule has 0 aliphatic rings. The summed E-state index contributed by atoms with van der Waals surface area (Å²) >= 11 is 0.